The summed E-state index contributed by atoms with van der Waals surface area (Å²) in [5, 5.41) is 13.6. The largest absolute Gasteiger partial charge is 0.397 e. The maximum atomic E-state index is 10.6. The molecule has 0 aliphatic rings. The first-order valence-corrected chi connectivity index (χ1v) is 4.51. The second-order valence-electron chi connectivity index (χ2n) is 2.66. The fraction of sp³-hybridized carbons (Fsp3) is 0.250. The van der Waals surface area contributed by atoms with Crippen molar-refractivity contribution < 1.29 is 9.72 Å². The number of hydrogen-bond acceptors (Lipinski definition) is 4. The van der Waals surface area contributed by atoms with Crippen molar-refractivity contribution in [2.45, 2.75) is 13.5 Å². The molecule has 0 radical (unpaired) electrons. The average Bonchev–Trinajstić information content (AvgIpc) is 2.57. The Bertz CT molecular complexity index is 425. The van der Waals surface area contributed by atoms with Crippen LogP contribution in [0.3, 0.4) is 0 Å². The van der Waals surface area contributed by atoms with Gasteiger partial charge in [0.1, 0.15) is 0 Å². The summed E-state index contributed by atoms with van der Waals surface area (Å²) in [5.74, 6) is -0.286. The monoisotopic (exact) mass is 229 g/mol. The molecule has 0 spiro atoms. The highest BCUT2D eigenvalue weighted by Crippen LogP contribution is 2.17. The van der Waals surface area contributed by atoms with E-state index in [2.05, 4.69) is 5.10 Å². The molecule has 1 heterocycles. The molecule has 0 unspecified atom stereocenters. The second-order valence-corrected chi connectivity index (χ2v) is 3.03. The Morgan fingerprint density at radius 1 is 1.80 bits per heavy atom. The zero-order valence-corrected chi connectivity index (χ0v) is 8.64. The quantitative estimate of drug-likeness (QED) is 0.340. The minimum Gasteiger partial charge on any atom is -0.358 e. The van der Waals surface area contributed by atoms with Gasteiger partial charge in [-0.15, -0.1) is 0 Å². The summed E-state index contributed by atoms with van der Waals surface area (Å²) in [6, 6.07) is 0. The Balaban J connectivity index is 3.09. The highest BCUT2D eigenvalue weighted by atomic mass is 35.5. The van der Waals surface area contributed by atoms with E-state index in [-0.39, 0.29) is 11.4 Å². The van der Waals surface area contributed by atoms with Gasteiger partial charge in [-0.3, -0.25) is 4.79 Å². The van der Waals surface area contributed by atoms with E-state index >= 15 is 0 Å². The molecule has 0 bridgehead atoms. The first kappa shape index (κ1) is 11.4. The smallest absolute Gasteiger partial charge is 0.358 e. The number of allylic oxidation sites excluding steroid dienone is 1. The second kappa shape index (κ2) is 4.70. The van der Waals surface area contributed by atoms with Crippen molar-refractivity contribution in [3.05, 3.63) is 28.0 Å². The van der Waals surface area contributed by atoms with Crippen LogP contribution < -0.4 is 0 Å². The fourth-order valence-corrected chi connectivity index (χ4v) is 1.07. The lowest BCUT2D eigenvalue weighted by Crippen LogP contribution is -1.96. The van der Waals surface area contributed by atoms with Crippen molar-refractivity contribution in [3.8, 4) is 0 Å². The number of hydrogen-bond donors (Lipinski definition) is 0. The number of carbonyl (C=O) groups is 1. The number of carbonyl (C=O) groups excluding carboxylic acids is 1. The molecule has 0 amide bonds. The van der Waals surface area contributed by atoms with E-state index in [9.17, 15) is 14.9 Å². The van der Waals surface area contributed by atoms with E-state index in [0.717, 1.165) is 6.08 Å². The Morgan fingerprint density at radius 3 is 2.93 bits per heavy atom. The molecule has 6 nitrogen and oxygen atoms in total. The Kier molecular flexibility index (Phi) is 3.56. The Labute approximate surface area is 90.3 Å². The van der Waals surface area contributed by atoms with Crippen LogP contribution in [0.2, 0.25) is 0 Å². The van der Waals surface area contributed by atoms with Gasteiger partial charge in [0.2, 0.25) is 5.24 Å². The van der Waals surface area contributed by atoms with Gasteiger partial charge in [0.25, 0.3) is 0 Å². The molecule has 1 aromatic heterocycles. The molecule has 0 aromatic carbocycles. The lowest BCUT2D eigenvalue weighted by Gasteiger charge is -1.87. The number of aryl methyl sites for hydroxylation is 1. The maximum absolute atomic E-state index is 10.6. The summed E-state index contributed by atoms with van der Waals surface area (Å²) >= 11 is 5.08. The number of nitro groups is 1. The molecule has 0 atom stereocenters. The number of nitrogens with zero attached hydrogens (tertiary/aromatic N) is 3. The minimum atomic E-state index is -0.687. The van der Waals surface area contributed by atoms with E-state index < -0.39 is 10.2 Å². The van der Waals surface area contributed by atoms with Crippen molar-refractivity contribution in [2.75, 3.05) is 0 Å². The molecule has 0 N–H and O–H groups in total. The fourth-order valence-electron chi connectivity index (χ4n) is 1.00. The van der Waals surface area contributed by atoms with Gasteiger partial charge in [0.15, 0.2) is 0 Å². The molecule has 1 rings (SSSR count). The van der Waals surface area contributed by atoms with E-state index in [1.54, 1.807) is 6.92 Å². The van der Waals surface area contributed by atoms with E-state index in [1.165, 1.54) is 17.0 Å². The van der Waals surface area contributed by atoms with E-state index in [1.807, 2.05) is 0 Å². The molecule has 0 fully saturated rings. The van der Waals surface area contributed by atoms with E-state index in [4.69, 9.17) is 11.6 Å². The number of aromatic nitrogens is 2. The van der Waals surface area contributed by atoms with Crippen LogP contribution in [-0.4, -0.2) is 19.9 Å². The molecule has 80 valence electrons. The summed E-state index contributed by atoms with van der Waals surface area (Å²) in [4.78, 5) is 20.4. The average molecular weight is 230 g/mol. The molecule has 0 saturated carbocycles. The molecule has 7 heteroatoms. The van der Waals surface area contributed by atoms with Gasteiger partial charge in [-0.05, 0) is 35.6 Å². The van der Waals surface area contributed by atoms with Gasteiger partial charge in [-0.2, -0.15) is 4.68 Å². The predicted molar refractivity (Wildman–Crippen MR) is 54.4 cm³/mol. The lowest BCUT2D eigenvalue weighted by atomic mass is 10.3. The topological polar surface area (TPSA) is 78.0 Å². The number of halogens is 1. The summed E-state index contributed by atoms with van der Waals surface area (Å²) in [6.07, 6.45) is 3.80. The van der Waals surface area contributed by atoms with E-state index in [0.29, 0.717) is 6.54 Å². The third kappa shape index (κ3) is 2.88. The highest BCUT2D eigenvalue weighted by Gasteiger charge is 2.17. The lowest BCUT2D eigenvalue weighted by molar-refractivity contribution is -0.390. The molecule has 0 aliphatic carbocycles. The third-order valence-corrected chi connectivity index (χ3v) is 1.79. The summed E-state index contributed by atoms with van der Waals surface area (Å²) < 4.78 is 1.41. The molecule has 15 heavy (non-hydrogen) atoms. The van der Waals surface area contributed by atoms with Crippen molar-refractivity contribution in [1.82, 2.24) is 9.78 Å². The molecule has 0 aliphatic heterocycles. The van der Waals surface area contributed by atoms with Crippen LogP contribution in [0.25, 0.3) is 6.08 Å². The Morgan fingerprint density at radius 2 is 2.47 bits per heavy atom. The molecular weight excluding hydrogens is 222 g/mol. The van der Waals surface area contributed by atoms with Crippen LogP contribution in [-0.2, 0) is 11.3 Å². The predicted octanol–water partition coefficient (Wildman–Crippen LogP) is 1.59. The molecular formula is C8H8ClN3O3. The van der Waals surface area contributed by atoms with Crippen molar-refractivity contribution in [1.29, 1.82) is 0 Å². The normalized spacial score (nSPS) is 10.8. The van der Waals surface area contributed by atoms with Crippen molar-refractivity contribution in [2.24, 2.45) is 0 Å². The van der Waals surface area contributed by atoms with Gasteiger partial charge < -0.3 is 10.1 Å². The minimum absolute atomic E-state index is 0.260. The van der Waals surface area contributed by atoms with Crippen LogP contribution in [0.1, 0.15) is 12.5 Å². The van der Waals surface area contributed by atoms with Gasteiger partial charge in [-0.25, -0.2) is 0 Å². The van der Waals surface area contributed by atoms with Gasteiger partial charge >= 0.3 is 5.82 Å². The molecule has 0 saturated heterocycles. The summed E-state index contributed by atoms with van der Waals surface area (Å²) in [6.45, 7) is 2.32. The summed E-state index contributed by atoms with van der Waals surface area (Å²) in [5.41, 5.74) is 0.260. The van der Waals surface area contributed by atoms with Crippen LogP contribution in [0.5, 0.6) is 0 Å². The zero-order chi connectivity index (χ0) is 11.4. The Hall–Kier alpha value is -1.69. The first-order valence-electron chi connectivity index (χ1n) is 4.14. The van der Waals surface area contributed by atoms with Crippen LogP contribution in [0.15, 0.2) is 12.3 Å². The van der Waals surface area contributed by atoms with Gasteiger partial charge in [-0.1, -0.05) is 0 Å². The maximum Gasteiger partial charge on any atom is 0.397 e. The third-order valence-electron chi connectivity index (χ3n) is 1.66. The molecule has 1 aromatic rings. The van der Waals surface area contributed by atoms with Crippen LogP contribution in [0.4, 0.5) is 5.82 Å². The highest BCUT2D eigenvalue weighted by molar-refractivity contribution is 6.66. The number of rotatable bonds is 4. The van der Waals surface area contributed by atoms with Crippen LogP contribution >= 0.6 is 11.6 Å². The van der Waals surface area contributed by atoms with Gasteiger partial charge in [0, 0.05) is 0 Å². The standard InChI is InChI=1S/C8H8ClN3O3/c1-2-11-5-6(3-4-7(9)13)8(10-11)12(14)15/h3-5H,2H2,1H3. The van der Waals surface area contributed by atoms with Gasteiger partial charge in [0.05, 0.1) is 23.4 Å². The van der Waals surface area contributed by atoms with Crippen molar-refractivity contribution >= 4 is 28.7 Å². The van der Waals surface area contributed by atoms with Crippen molar-refractivity contribution in [3.63, 3.8) is 0 Å². The van der Waals surface area contributed by atoms with Crippen LogP contribution in [0, 0.1) is 10.1 Å². The summed E-state index contributed by atoms with van der Waals surface area (Å²) in [7, 11) is 0. The first-order chi connectivity index (χ1) is 7.04. The zero-order valence-electron chi connectivity index (χ0n) is 7.88. The SMILES string of the molecule is CCn1cc(C=CC(=O)Cl)c([N+](=O)[O-])n1.